The highest BCUT2D eigenvalue weighted by Crippen LogP contribution is 2.30. The van der Waals surface area contributed by atoms with Gasteiger partial charge in [-0.3, -0.25) is 0 Å². The van der Waals surface area contributed by atoms with Gasteiger partial charge in [0.25, 0.3) is 0 Å². The van der Waals surface area contributed by atoms with E-state index in [1.54, 1.807) is 0 Å². The van der Waals surface area contributed by atoms with Gasteiger partial charge in [0.2, 0.25) is 0 Å². The third-order valence-corrected chi connectivity index (χ3v) is 1.84. The molecule has 2 nitrogen and oxygen atoms in total. The predicted octanol–water partition coefficient (Wildman–Crippen LogP) is 2.65. The summed E-state index contributed by atoms with van der Waals surface area (Å²) in [4.78, 5) is 0. The minimum Gasteiger partial charge on any atom is -0.166 e. The summed E-state index contributed by atoms with van der Waals surface area (Å²) in [6.07, 6.45) is -2.94. The lowest BCUT2D eigenvalue weighted by atomic mass is 10.1. The number of halogens is 3. The third kappa shape index (κ3) is 1.53. The Balaban J connectivity index is 2.63. The molecule has 1 heterocycles. The van der Waals surface area contributed by atoms with Crippen LogP contribution >= 0.6 is 0 Å². The van der Waals surface area contributed by atoms with E-state index >= 15 is 0 Å². The molecule has 14 heavy (non-hydrogen) atoms. The number of hydrogen-bond donors (Lipinski definition) is 0. The maximum absolute atomic E-state index is 12.3. The van der Waals surface area contributed by atoms with Gasteiger partial charge in [0, 0.05) is 5.39 Å². The number of nitrogens with zero attached hydrogens (tertiary/aromatic N) is 2. The van der Waals surface area contributed by atoms with Gasteiger partial charge in [-0.25, -0.2) is 0 Å². The van der Waals surface area contributed by atoms with E-state index in [2.05, 4.69) is 10.2 Å². The number of rotatable bonds is 0. The maximum Gasteiger partial charge on any atom is 0.416 e. The molecule has 5 heteroatoms. The van der Waals surface area contributed by atoms with Crippen LogP contribution in [0.1, 0.15) is 5.56 Å². The van der Waals surface area contributed by atoms with E-state index in [1.807, 2.05) is 0 Å². The molecule has 2 aromatic rings. The first kappa shape index (κ1) is 8.93. The van der Waals surface area contributed by atoms with Crippen molar-refractivity contribution in [3.8, 4) is 0 Å². The Labute approximate surface area is 77.4 Å². The van der Waals surface area contributed by atoms with Gasteiger partial charge in [0.1, 0.15) is 0 Å². The summed E-state index contributed by atoms with van der Waals surface area (Å²) >= 11 is 0. The van der Waals surface area contributed by atoms with Crippen molar-refractivity contribution in [1.29, 1.82) is 0 Å². The SMILES string of the molecule is FC(F)(F)c1ccc2nnccc2c1. The van der Waals surface area contributed by atoms with Crippen molar-refractivity contribution in [3.05, 3.63) is 36.0 Å². The molecule has 0 radical (unpaired) electrons. The quantitative estimate of drug-likeness (QED) is 0.650. The number of fused-ring (bicyclic) bond motifs is 1. The molecule has 1 aromatic carbocycles. The summed E-state index contributed by atoms with van der Waals surface area (Å²) in [5.74, 6) is 0. The van der Waals surface area contributed by atoms with E-state index in [0.717, 1.165) is 12.1 Å². The van der Waals surface area contributed by atoms with Crippen LogP contribution in [0, 0.1) is 0 Å². The fraction of sp³-hybridized carbons (Fsp3) is 0.111. The van der Waals surface area contributed by atoms with E-state index < -0.39 is 11.7 Å². The monoisotopic (exact) mass is 198 g/mol. The van der Waals surface area contributed by atoms with Crippen LogP contribution in [-0.4, -0.2) is 10.2 Å². The van der Waals surface area contributed by atoms with E-state index in [0.29, 0.717) is 10.9 Å². The number of alkyl halides is 3. The Morgan fingerprint density at radius 2 is 1.86 bits per heavy atom. The Morgan fingerprint density at radius 1 is 1.07 bits per heavy atom. The molecular formula is C9H5F3N2. The molecule has 0 atom stereocenters. The zero-order valence-corrected chi connectivity index (χ0v) is 6.92. The van der Waals surface area contributed by atoms with E-state index in [4.69, 9.17) is 0 Å². The van der Waals surface area contributed by atoms with Gasteiger partial charge in [0.15, 0.2) is 0 Å². The highest BCUT2D eigenvalue weighted by Gasteiger charge is 2.30. The van der Waals surface area contributed by atoms with E-state index in [1.165, 1.54) is 18.3 Å². The summed E-state index contributed by atoms with van der Waals surface area (Å²) in [5.41, 5.74) is -0.210. The van der Waals surface area contributed by atoms with Gasteiger partial charge in [0.05, 0.1) is 17.3 Å². The van der Waals surface area contributed by atoms with Crippen LogP contribution in [-0.2, 0) is 6.18 Å². The molecule has 0 saturated heterocycles. The molecule has 0 N–H and O–H groups in total. The fourth-order valence-electron chi connectivity index (χ4n) is 1.16. The van der Waals surface area contributed by atoms with Gasteiger partial charge in [-0.05, 0) is 24.3 Å². The molecule has 0 aliphatic rings. The average molecular weight is 198 g/mol. The lowest BCUT2D eigenvalue weighted by Crippen LogP contribution is -2.04. The second-order valence-electron chi connectivity index (χ2n) is 2.80. The molecule has 2 rings (SSSR count). The predicted molar refractivity (Wildman–Crippen MR) is 44.5 cm³/mol. The standard InChI is InChI=1S/C9H5F3N2/c10-9(11,12)7-1-2-8-6(5-7)3-4-13-14-8/h1-5H. The Kier molecular flexibility index (Phi) is 1.87. The minimum atomic E-state index is -4.31. The zero-order chi connectivity index (χ0) is 10.2. The lowest BCUT2D eigenvalue weighted by Gasteiger charge is -2.06. The van der Waals surface area contributed by atoms with Gasteiger partial charge in [-0.1, -0.05) is 0 Å². The molecule has 0 saturated carbocycles. The molecule has 0 amide bonds. The largest absolute Gasteiger partial charge is 0.416 e. The molecule has 0 aliphatic heterocycles. The Hall–Kier alpha value is -1.65. The smallest absolute Gasteiger partial charge is 0.166 e. The van der Waals surface area contributed by atoms with Crippen molar-refractivity contribution < 1.29 is 13.2 Å². The molecule has 0 unspecified atom stereocenters. The second-order valence-corrected chi connectivity index (χ2v) is 2.80. The first-order valence-electron chi connectivity index (χ1n) is 3.86. The molecule has 0 fully saturated rings. The van der Waals surface area contributed by atoms with Crippen LogP contribution in [0.2, 0.25) is 0 Å². The lowest BCUT2D eigenvalue weighted by molar-refractivity contribution is -0.137. The summed E-state index contributed by atoms with van der Waals surface area (Å²) < 4.78 is 36.8. The first-order chi connectivity index (χ1) is 6.57. The van der Waals surface area contributed by atoms with E-state index in [-0.39, 0.29) is 0 Å². The number of hydrogen-bond acceptors (Lipinski definition) is 2. The van der Waals surface area contributed by atoms with Crippen LogP contribution in [0.3, 0.4) is 0 Å². The molecule has 72 valence electrons. The summed E-state index contributed by atoms with van der Waals surface area (Å²) in [7, 11) is 0. The normalized spacial score (nSPS) is 11.9. The van der Waals surface area contributed by atoms with Gasteiger partial charge < -0.3 is 0 Å². The van der Waals surface area contributed by atoms with Crippen molar-refractivity contribution in [2.45, 2.75) is 6.18 Å². The molecule has 1 aromatic heterocycles. The third-order valence-electron chi connectivity index (χ3n) is 1.84. The Morgan fingerprint density at radius 3 is 2.57 bits per heavy atom. The first-order valence-corrected chi connectivity index (χ1v) is 3.86. The summed E-state index contributed by atoms with van der Waals surface area (Å²) in [5, 5.41) is 7.70. The molecule has 0 bridgehead atoms. The second kappa shape index (κ2) is 2.94. The molecular weight excluding hydrogens is 193 g/mol. The van der Waals surface area contributed by atoms with Crippen molar-refractivity contribution in [1.82, 2.24) is 10.2 Å². The van der Waals surface area contributed by atoms with Crippen LogP contribution in [0.4, 0.5) is 13.2 Å². The minimum absolute atomic E-state index is 0.440. The number of benzene rings is 1. The van der Waals surface area contributed by atoms with Gasteiger partial charge in [-0.2, -0.15) is 23.4 Å². The fourth-order valence-corrected chi connectivity index (χ4v) is 1.16. The zero-order valence-electron chi connectivity index (χ0n) is 6.92. The van der Waals surface area contributed by atoms with Crippen molar-refractivity contribution in [3.63, 3.8) is 0 Å². The van der Waals surface area contributed by atoms with Crippen LogP contribution < -0.4 is 0 Å². The summed E-state index contributed by atoms with van der Waals surface area (Å²) in [6.45, 7) is 0. The summed E-state index contributed by atoms with van der Waals surface area (Å²) in [6, 6.07) is 4.86. The van der Waals surface area contributed by atoms with Crippen molar-refractivity contribution in [2.24, 2.45) is 0 Å². The Bertz CT molecular complexity index is 465. The van der Waals surface area contributed by atoms with Crippen molar-refractivity contribution in [2.75, 3.05) is 0 Å². The van der Waals surface area contributed by atoms with Gasteiger partial charge >= 0.3 is 6.18 Å². The highest BCUT2D eigenvalue weighted by molar-refractivity contribution is 5.78. The van der Waals surface area contributed by atoms with E-state index in [9.17, 15) is 13.2 Å². The molecule has 0 spiro atoms. The van der Waals surface area contributed by atoms with Gasteiger partial charge in [-0.15, -0.1) is 0 Å². The highest BCUT2D eigenvalue weighted by atomic mass is 19.4. The number of aromatic nitrogens is 2. The van der Waals surface area contributed by atoms with Crippen LogP contribution in [0.25, 0.3) is 10.9 Å². The average Bonchev–Trinajstić information content (AvgIpc) is 2.16. The van der Waals surface area contributed by atoms with Crippen molar-refractivity contribution >= 4 is 10.9 Å². The topological polar surface area (TPSA) is 25.8 Å². The maximum atomic E-state index is 12.3. The van der Waals surface area contributed by atoms with Crippen LogP contribution in [0.15, 0.2) is 30.5 Å². The molecule has 0 aliphatic carbocycles. The van der Waals surface area contributed by atoms with Crippen LogP contribution in [0.5, 0.6) is 0 Å².